The molecule has 1 aromatic carbocycles. The third-order valence-corrected chi connectivity index (χ3v) is 3.05. The van der Waals surface area contributed by atoms with E-state index in [0.717, 1.165) is 36.5 Å². The van der Waals surface area contributed by atoms with Crippen molar-refractivity contribution < 1.29 is 0 Å². The maximum atomic E-state index is 4.52. The Labute approximate surface area is 100.0 Å². The fraction of sp³-hybridized carbons (Fsp3) is 0.417. The van der Waals surface area contributed by atoms with Gasteiger partial charge in [0, 0.05) is 19.1 Å². The van der Waals surface area contributed by atoms with Gasteiger partial charge in [0.05, 0.1) is 17.6 Å². The number of nitrogens with zero attached hydrogens (tertiary/aromatic N) is 1. The lowest BCUT2D eigenvalue weighted by Gasteiger charge is -2.09. The zero-order valence-corrected chi connectivity index (χ0v) is 9.66. The molecule has 0 saturated carbocycles. The number of hydrogen-bond donors (Lipinski definition) is 4. The van der Waals surface area contributed by atoms with Crippen molar-refractivity contribution >= 4 is 11.0 Å². The van der Waals surface area contributed by atoms with E-state index in [9.17, 15) is 0 Å². The highest BCUT2D eigenvalue weighted by molar-refractivity contribution is 5.74. The van der Waals surface area contributed by atoms with Crippen LogP contribution in [0.2, 0.25) is 0 Å². The number of aromatic nitrogens is 2. The van der Waals surface area contributed by atoms with Crippen LogP contribution >= 0.6 is 0 Å². The summed E-state index contributed by atoms with van der Waals surface area (Å²) in [5, 5.41) is 3.41. The zero-order valence-electron chi connectivity index (χ0n) is 9.66. The van der Waals surface area contributed by atoms with Crippen LogP contribution in [0.1, 0.15) is 12.2 Å². The second kappa shape index (κ2) is 4.83. The van der Waals surface area contributed by atoms with Gasteiger partial charge < -0.3 is 10.3 Å². The predicted molar refractivity (Wildman–Crippen MR) is 67.3 cm³/mol. The number of H-pyrrole nitrogens is 1. The fourth-order valence-electron chi connectivity index (χ4n) is 2.14. The Balaban J connectivity index is 1.57. The molecule has 90 valence electrons. The predicted octanol–water partition coefficient (Wildman–Crippen LogP) is 0.519. The van der Waals surface area contributed by atoms with Crippen molar-refractivity contribution in [3.63, 3.8) is 0 Å². The van der Waals surface area contributed by atoms with Gasteiger partial charge in [-0.25, -0.2) is 4.98 Å². The maximum Gasteiger partial charge on any atom is 0.121 e. The standard InChI is InChI=1S/C12H17N5/c1-2-4-11-10(3-1)15-12(16-11)8-13-7-9-5-6-14-17-9/h1-4,9,13-14,17H,5-8H2,(H,15,16). The Bertz CT molecular complexity index is 453. The minimum atomic E-state index is 0.527. The monoisotopic (exact) mass is 231 g/mol. The average molecular weight is 231 g/mol. The van der Waals surface area contributed by atoms with Gasteiger partial charge in [-0.05, 0) is 18.6 Å². The van der Waals surface area contributed by atoms with E-state index in [4.69, 9.17) is 0 Å². The van der Waals surface area contributed by atoms with Gasteiger partial charge in [0.15, 0.2) is 0 Å². The number of hydrazine groups is 1. The number of imidazole rings is 1. The largest absolute Gasteiger partial charge is 0.341 e. The van der Waals surface area contributed by atoms with E-state index in [1.54, 1.807) is 0 Å². The van der Waals surface area contributed by atoms with Crippen molar-refractivity contribution in [2.75, 3.05) is 13.1 Å². The molecule has 1 aliphatic heterocycles. The number of nitrogens with one attached hydrogen (secondary N) is 4. The Hall–Kier alpha value is -1.43. The molecule has 0 bridgehead atoms. The topological polar surface area (TPSA) is 64.8 Å². The fourth-order valence-corrected chi connectivity index (χ4v) is 2.14. The summed E-state index contributed by atoms with van der Waals surface area (Å²) in [7, 11) is 0. The molecule has 2 aromatic rings. The van der Waals surface area contributed by atoms with Gasteiger partial charge >= 0.3 is 0 Å². The molecule has 0 spiro atoms. The van der Waals surface area contributed by atoms with E-state index in [1.165, 1.54) is 6.42 Å². The molecule has 0 aliphatic carbocycles. The highest BCUT2D eigenvalue weighted by Gasteiger charge is 2.12. The SMILES string of the molecule is c1ccc2[nH]c(CNCC3CCNN3)nc2c1. The van der Waals surface area contributed by atoms with Crippen LogP contribution in [-0.2, 0) is 6.54 Å². The second-order valence-electron chi connectivity index (χ2n) is 4.39. The van der Waals surface area contributed by atoms with Crippen molar-refractivity contribution in [2.24, 2.45) is 0 Å². The van der Waals surface area contributed by atoms with Crippen LogP contribution in [0.15, 0.2) is 24.3 Å². The first kappa shape index (κ1) is 10.7. The summed E-state index contributed by atoms with van der Waals surface area (Å²) in [6.07, 6.45) is 1.17. The molecule has 17 heavy (non-hydrogen) atoms. The first-order valence-electron chi connectivity index (χ1n) is 6.04. The van der Waals surface area contributed by atoms with Crippen LogP contribution in [0, 0.1) is 0 Å². The minimum Gasteiger partial charge on any atom is -0.341 e. The summed E-state index contributed by atoms with van der Waals surface area (Å²) in [6.45, 7) is 2.80. The van der Waals surface area contributed by atoms with Crippen LogP contribution < -0.4 is 16.2 Å². The molecular weight excluding hydrogens is 214 g/mol. The third kappa shape index (κ3) is 2.46. The van der Waals surface area contributed by atoms with Crippen LogP contribution in [0.25, 0.3) is 11.0 Å². The van der Waals surface area contributed by atoms with Crippen molar-refractivity contribution in [1.82, 2.24) is 26.1 Å². The van der Waals surface area contributed by atoms with Crippen LogP contribution in [0.4, 0.5) is 0 Å². The van der Waals surface area contributed by atoms with Crippen LogP contribution in [0.5, 0.6) is 0 Å². The van der Waals surface area contributed by atoms with Crippen molar-refractivity contribution in [2.45, 2.75) is 19.0 Å². The smallest absolute Gasteiger partial charge is 0.121 e. The summed E-state index contributed by atoms with van der Waals surface area (Å²) in [5.74, 6) is 0.997. The molecule has 1 atom stereocenters. The maximum absolute atomic E-state index is 4.52. The zero-order chi connectivity index (χ0) is 11.5. The van der Waals surface area contributed by atoms with Gasteiger partial charge in [-0.3, -0.25) is 10.9 Å². The highest BCUT2D eigenvalue weighted by Crippen LogP contribution is 2.09. The molecule has 0 radical (unpaired) electrons. The number of rotatable bonds is 4. The molecule has 3 rings (SSSR count). The van der Waals surface area contributed by atoms with Gasteiger partial charge in [-0.2, -0.15) is 0 Å². The number of para-hydroxylation sites is 2. The number of fused-ring (bicyclic) bond motifs is 1. The molecule has 5 nitrogen and oxygen atoms in total. The normalized spacial score (nSPS) is 20.1. The summed E-state index contributed by atoms with van der Waals surface area (Å²) < 4.78 is 0. The third-order valence-electron chi connectivity index (χ3n) is 3.05. The second-order valence-corrected chi connectivity index (χ2v) is 4.39. The Morgan fingerprint density at radius 3 is 3.12 bits per heavy atom. The quantitative estimate of drug-likeness (QED) is 0.619. The summed E-state index contributed by atoms with van der Waals surface area (Å²) >= 11 is 0. The van der Waals surface area contributed by atoms with E-state index >= 15 is 0 Å². The molecule has 0 amide bonds. The summed E-state index contributed by atoms with van der Waals surface area (Å²) in [5.41, 5.74) is 8.49. The summed E-state index contributed by atoms with van der Waals surface area (Å²) in [4.78, 5) is 7.83. The molecule has 4 N–H and O–H groups in total. The Kier molecular flexibility index (Phi) is 3.04. The molecular formula is C12H17N5. The molecule has 1 aliphatic rings. The van der Waals surface area contributed by atoms with Crippen molar-refractivity contribution in [1.29, 1.82) is 0 Å². The van der Waals surface area contributed by atoms with Gasteiger partial charge in [-0.1, -0.05) is 12.1 Å². The average Bonchev–Trinajstić information content (AvgIpc) is 2.96. The Morgan fingerprint density at radius 1 is 1.35 bits per heavy atom. The van der Waals surface area contributed by atoms with Gasteiger partial charge in [-0.15, -0.1) is 0 Å². The molecule has 1 unspecified atom stereocenters. The van der Waals surface area contributed by atoms with Gasteiger partial charge in [0.25, 0.3) is 0 Å². The number of benzene rings is 1. The minimum absolute atomic E-state index is 0.527. The van der Waals surface area contributed by atoms with E-state index < -0.39 is 0 Å². The van der Waals surface area contributed by atoms with E-state index in [0.29, 0.717) is 6.04 Å². The van der Waals surface area contributed by atoms with E-state index in [1.807, 2.05) is 24.3 Å². The van der Waals surface area contributed by atoms with E-state index in [-0.39, 0.29) is 0 Å². The lowest BCUT2D eigenvalue weighted by atomic mass is 10.2. The summed E-state index contributed by atoms with van der Waals surface area (Å²) in [6, 6.07) is 8.63. The number of hydrogen-bond acceptors (Lipinski definition) is 4. The van der Waals surface area contributed by atoms with Crippen LogP contribution in [-0.4, -0.2) is 29.1 Å². The molecule has 1 saturated heterocycles. The van der Waals surface area contributed by atoms with Crippen molar-refractivity contribution in [3.8, 4) is 0 Å². The number of aromatic amines is 1. The highest BCUT2D eigenvalue weighted by atomic mass is 15.4. The lowest BCUT2D eigenvalue weighted by Crippen LogP contribution is -2.37. The molecule has 2 heterocycles. The van der Waals surface area contributed by atoms with Gasteiger partial charge in [0.1, 0.15) is 5.82 Å². The van der Waals surface area contributed by atoms with Crippen LogP contribution in [0.3, 0.4) is 0 Å². The Morgan fingerprint density at radius 2 is 2.29 bits per heavy atom. The first-order valence-corrected chi connectivity index (χ1v) is 6.04. The van der Waals surface area contributed by atoms with Gasteiger partial charge in [0.2, 0.25) is 0 Å². The molecule has 5 heteroatoms. The first-order chi connectivity index (χ1) is 8.42. The van der Waals surface area contributed by atoms with E-state index in [2.05, 4.69) is 26.1 Å². The van der Waals surface area contributed by atoms with Crippen molar-refractivity contribution in [3.05, 3.63) is 30.1 Å². The molecule has 1 fully saturated rings. The molecule has 1 aromatic heterocycles. The lowest BCUT2D eigenvalue weighted by molar-refractivity contribution is 0.503.